The molecule has 1 N–H and O–H groups in total. The van der Waals surface area contributed by atoms with Crippen LogP contribution < -0.4 is 5.32 Å². The fourth-order valence-electron chi connectivity index (χ4n) is 2.01. The summed E-state index contributed by atoms with van der Waals surface area (Å²) in [6.45, 7) is 2.38. The van der Waals surface area contributed by atoms with Crippen molar-refractivity contribution in [1.29, 1.82) is 0 Å². The van der Waals surface area contributed by atoms with Crippen molar-refractivity contribution in [3.05, 3.63) is 63.4 Å². The lowest BCUT2D eigenvalue weighted by Gasteiger charge is -2.13. The summed E-state index contributed by atoms with van der Waals surface area (Å²) in [5, 5.41) is 3.25. The Morgan fingerprint density at radius 1 is 1.33 bits per heavy atom. The lowest BCUT2D eigenvalue weighted by atomic mass is 10.1. The van der Waals surface area contributed by atoms with Crippen LogP contribution in [0.4, 0.5) is 10.1 Å². The summed E-state index contributed by atoms with van der Waals surface area (Å²) in [6, 6.07) is 9.96. The van der Waals surface area contributed by atoms with Gasteiger partial charge in [-0.3, -0.25) is 0 Å². The molecule has 2 aromatic carbocycles. The van der Waals surface area contributed by atoms with E-state index in [1.165, 1.54) is 19.2 Å². The molecule has 0 amide bonds. The van der Waals surface area contributed by atoms with Gasteiger partial charge >= 0.3 is 5.97 Å². The van der Waals surface area contributed by atoms with E-state index in [0.29, 0.717) is 16.6 Å². The van der Waals surface area contributed by atoms with Crippen LogP contribution in [0.1, 0.15) is 21.5 Å². The van der Waals surface area contributed by atoms with Crippen LogP contribution in [0.25, 0.3) is 0 Å². The van der Waals surface area contributed by atoms with E-state index in [9.17, 15) is 9.18 Å². The van der Waals surface area contributed by atoms with E-state index in [1.54, 1.807) is 18.2 Å². The van der Waals surface area contributed by atoms with Crippen LogP contribution in [-0.4, -0.2) is 13.1 Å². The molecule has 0 bridgehead atoms. The third kappa shape index (κ3) is 3.61. The monoisotopic (exact) mass is 351 g/mol. The SMILES string of the molecule is COC(=O)c1cccc(NCc2ccc(F)cc2Br)c1C. The third-order valence-corrected chi connectivity index (χ3v) is 3.96. The van der Waals surface area contributed by atoms with Gasteiger partial charge in [0.1, 0.15) is 5.82 Å². The summed E-state index contributed by atoms with van der Waals surface area (Å²) >= 11 is 3.33. The maximum Gasteiger partial charge on any atom is 0.338 e. The number of carbonyl (C=O) groups excluding carboxylic acids is 1. The van der Waals surface area contributed by atoms with Crippen LogP contribution >= 0.6 is 15.9 Å². The second kappa shape index (κ2) is 6.72. The second-order valence-electron chi connectivity index (χ2n) is 4.56. The quantitative estimate of drug-likeness (QED) is 0.834. The Hall–Kier alpha value is -1.88. The molecule has 0 saturated carbocycles. The van der Waals surface area contributed by atoms with Crippen LogP contribution in [0.15, 0.2) is 40.9 Å². The number of rotatable bonds is 4. The Bertz CT molecular complexity index is 673. The average molecular weight is 352 g/mol. The molecule has 110 valence electrons. The van der Waals surface area contributed by atoms with Crippen molar-refractivity contribution in [3.63, 3.8) is 0 Å². The largest absolute Gasteiger partial charge is 0.465 e. The fraction of sp³-hybridized carbons (Fsp3) is 0.188. The maximum atomic E-state index is 13.1. The zero-order chi connectivity index (χ0) is 15.4. The summed E-state index contributed by atoms with van der Waals surface area (Å²) in [6.07, 6.45) is 0. The molecule has 0 aliphatic carbocycles. The molecule has 2 rings (SSSR count). The molecule has 2 aromatic rings. The van der Waals surface area contributed by atoms with Gasteiger partial charge in [0.2, 0.25) is 0 Å². The number of anilines is 1. The predicted molar refractivity (Wildman–Crippen MR) is 83.9 cm³/mol. The number of benzene rings is 2. The van der Waals surface area contributed by atoms with Gasteiger partial charge in [-0.1, -0.05) is 28.1 Å². The predicted octanol–water partition coefficient (Wildman–Crippen LogP) is 4.30. The molecule has 0 heterocycles. The van der Waals surface area contributed by atoms with Gasteiger partial charge in [0.15, 0.2) is 0 Å². The number of hydrogen-bond donors (Lipinski definition) is 1. The Kier molecular flexibility index (Phi) is 4.96. The molecule has 0 radical (unpaired) electrons. The Labute approximate surface area is 131 Å². The molecule has 21 heavy (non-hydrogen) atoms. The first-order valence-electron chi connectivity index (χ1n) is 6.38. The molecule has 0 aromatic heterocycles. The number of carbonyl (C=O) groups is 1. The van der Waals surface area contributed by atoms with Crippen LogP contribution in [0.2, 0.25) is 0 Å². The molecule has 0 aliphatic heterocycles. The summed E-state index contributed by atoms with van der Waals surface area (Å²) in [4.78, 5) is 11.7. The van der Waals surface area contributed by atoms with Gasteiger partial charge in [0.05, 0.1) is 12.7 Å². The van der Waals surface area contributed by atoms with Gasteiger partial charge in [-0.15, -0.1) is 0 Å². The number of nitrogens with one attached hydrogen (secondary N) is 1. The molecule has 5 heteroatoms. The fourth-order valence-corrected chi connectivity index (χ4v) is 2.50. The van der Waals surface area contributed by atoms with Gasteiger partial charge in [0.25, 0.3) is 0 Å². The summed E-state index contributed by atoms with van der Waals surface area (Å²) in [5.41, 5.74) is 3.12. The van der Waals surface area contributed by atoms with Gasteiger partial charge < -0.3 is 10.1 Å². The number of halogens is 2. The van der Waals surface area contributed by atoms with Crippen molar-refractivity contribution in [3.8, 4) is 0 Å². The van der Waals surface area contributed by atoms with Gasteiger partial charge in [0, 0.05) is 16.7 Å². The molecule has 0 fully saturated rings. The van der Waals surface area contributed by atoms with E-state index in [1.807, 2.05) is 13.0 Å². The summed E-state index contributed by atoms with van der Waals surface area (Å²) < 4.78 is 18.5. The van der Waals surface area contributed by atoms with Gasteiger partial charge in [-0.25, -0.2) is 9.18 Å². The van der Waals surface area contributed by atoms with Crippen LogP contribution in [0.5, 0.6) is 0 Å². The summed E-state index contributed by atoms with van der Waals surface area (Å²) in [7, 11) is 1.36. The minimum atomic E-state index is -0.362. The second-order valence-corrected chi connectivity index (χ2v) is 5.41. The van der Waals surface area contributed by atoms with Crippen LogP contribution in [0, 0.1) is 12.7 Å². The number of esters is 1. The molecular weight excluding hydrogens is 337 g/mol. The maximum absolute atomic E-state index is 13.1. The highest BCUT2D eigenvalue weighted by molar-refractivity contribution is 9.10. The first-order chi connectivity index (χ1) is 10.0. The highest BCUT2D eigenvalue weighted by Crippen LogP contribution is 2.23. The third-order valence-electron chi connectivity index (χ3n) is 3.22. The molecule has 3 nitrogen and oxygen atoms in total. The smallest absolute Gasteiger partial charge is 0.338 e. The first kappa shape index (κ1) is 15.5. The van der Waals surface area contributed by atoms with E-state index in [-0.39, 0.29) is 11.8 Å². The van der Waals surface area contributed by atoms with Crippen molar-refractivity contribution < 1.29 is 13.9 Å². The average Bonchev–Trinajstić information content (AvgIpc) is 2.47. The number of methoxy groups -OCH3 is 1. The zero-order valence-electron chi connectivity index (χ0n) is 11.7. The Balaban J connectivity index is 2.18. The van der Waals surface area contributed by atoms with Gasteiger partial charge in [-0.05, 0) is 42.3 Å². The molecule has 0 aliphatic rings. The highest BCUT2D eigenvalue weighted by atomic mass is 79.9. The van der Waals surface area contributed by atoms with Crippen molar-refractivity contribution in [2.45, 2.75) is 13.5 Å². The normalized spacial score (nSPS) is 10.3. The minimum absolute atomic E-state index is 0.283. The number of ether oxygens (including phenoxy) is 1. The lowest BCUT2D eigenvalue weighted by molar-refractivity contribution is 0.0600. The minimum Gasteiger partial charge on any atom is -0.465 e. The van der Waals surface area contributed by atoms with E-state index in [2.05, 4.69) is 21.2 Å². The lowest BCUT2D eigenvalue weighted by Crippen LogP contribution is -2.07. The van der Waals surface area contributed by atoms with Crippen LogP contribution in [-0.2, 0) is 11.3 Å². The van der Waals surface area contributed by atoms with Crippen LogP contribution in [0.3, 0.4) is 0 Å². The van der Waals surface area contributed by atoms with E-state index in [4.69, 9.17) is 4.74 Å². The Morgan fingerprint density at radius 3 is 2.76 bits per heavy atom. The number of hydrogen-bond acceptors (Lipinski definition) is 3. The molecule has 0 spiro atoms. The molecule has 0 unspecified atom stereocenters. The van der Waals surface area contributed by atoms with E-state index in [0.717, 1.165) is 16.8 Å². The summed E-state index contributed by atoms with van der Waals surface area (Å²) in [5.74, 6) is -0.645. The van der Waals surface area contributed by atoms with E-state index >= 15 is 0 Å². The first-order valence-corrected chi connectivity index (χ1v) is 7.18. The van der Waals surface area contributed by atoms with Gasteiger partial charge in [-0.2, -0.15) is 0 Å². The van der Waals surface area contributed by atoms with Crippen molar-refractivity contribution in [1.82, 2.24) is 0 Å². The standard InChI is InChI=1S/C16H15BrFNO2/c1-10-13(16(20)21-2)4-3-5-15(10)19-9-11-6-7-12(18)8-14(11)17/h3-8,19H,9H2,1-2H3. The van der Waals surface area contributed by atoms with Crippen molar-refractivity contribution in [2.24, 2.45) is 0 Å². The van der Waals surface area contributed by atoms with E-state index < -0.39 is 0 Å². The zero-order valence-corrected chi connectivity index (χ0v) is 13.3. The molecule has 0 saturated heterocycles. The topological polar surface area (TPSA) is 38.3 Å². The Morgan fingerprint density at radius 2 is 2.10 bits per heavy atom. The highest BCUT2D eigenvalue weighted by Gasteiger charge is 2.11. The molecule has 0 atom stereocenters. The van der Waals surface area contributed by atoms with Crippen molar-refractivity contribution in [2.75, 3.05) is 12.4 Å². The molecular formula is C16H15BrFNO2. The van der Waals surface area contributed by atoms with Crippen molar-refractivity contribution >= 4 is 27.6 Å².